The van der Waals surface area contributed by atoms with Crippen LogP contribution in [0.5, 0.6) is 0 Å². The maximum absolute atomic E-state index is 13.7. The third kappa shape index (κ3) is 2.78. The number of hydrogen-bond donors (Lipinski definition) is 0. The van der Waals surface area contributed by atoms with Crippen molar-refractivity contribution in [2.45, 2.75) is 25.7 Å². The first-order valence-electron chi connectivity index (χ1n) is 11.8. The van der Waals surface area contributed by atoms with Gasteiger partial charge in [0.25, 0.3) is 0 Å². The minimum Gasteiger partial charge on any atom is -0.313 e. The van der Waals surface area contributed by atoms with E-state index >= 15 is 0 Å². The van der Waals surface area contributed by atoms with Crippen molar-refractivity contribution >= 4 is 32.7 Å². The molecule has 34 heavy (non-hydrogen) atoms. The van der Waals surface area contributed by atoms with E-state index in [-0.39, 0.29) is 11.6 Å². The van der Waals surface area contributed by atoms with Crippen molar-refractivity contribution < 1.29 is 8.78 Å². The largest absolute Gasteiger partial charge is 0.313 e. The Kier molecular flexibility index (Phi) is 4.19. The fourth-order valence-electron chi connectivity index (χ4n) is 5.76. The van der Waals surface area contributed by atoms with E-state index in [2.05, 4.69) is 39.5 Å². The zero-order valence-corrected chi connectivity index (χ0v) is 18.6. The van der Waals surface area contributed by atoms with Gasteiger partial charge in [-0.1, -0.05) is 18.2 Å². The fraction of sp³-hybridized carbons (Fsp3) is 0.133. The van der Waals surface area contributed by atoms with E-state index in [1.54, 1.807) is 0 Å². The average molecular weight is 449 g/mol. The molecule has 2 nitrogen and oxygen atoms in total. The molecule has 1 aliphatic carbocycles. The summed E-state index contributed by atoms with van der Waals surface area (Å²) in [5.41, 5.74) is 8.04. The SMILES string of the molecule is Fc1ccc(-n2c3c(c4cc5c(cc42)c2ccccc2n5-c2ccc(F)cc2)CCCC3)cc1. The highest BCUT2D eigenvalue weighted by Gasteiger charge is 2.23. The molecule has 6 aromatic rings. The average Bonchev–Trinajstić information content (AvgIpc) is 3.36. The molecule has 1 aliphatic rings. The number of para-hydroxylation sites is 1. The topological polar surface area (TPSA) is 9.86 Å². The van der Waals surface area contributed by atoms with Crippen molar-refractivity contribution in [3.8, 4) is 11.4 Å². The first kappa shape index (κ1) is 19.5. The van der Waals surface area contributed by atoms with Crippen molar-refractivity contribution in [1.29, 1.82) is 0 Å². The number of fused-ring (bicyclic) bond motifs is 6. The van der Waals surface area contributed by atoms with Crippen LogP contribution in [0.2, 0.25) is 0 Å². The second kappa shape index (κ2) is 7.29. The van der Waals surface area contributed by atoms with E-state index in [0.29, 0.717) is 0 Å². The highest BCUT2D eigenvalue weighted by Crippen LogP contribution is 2.40. The van der Waals surface area contributed by atoms with Crippen LogP contribution in [-0.4, -0.2) is 9.13 Å². The van der Waals surface area contributed by atoms with Gasteiger partial charge in [-0.2, -0.15) is 0 Å². The van der Waals surface area contributed by atoms with Gasteiger partial charge in [-0.05, 0) is 98.0 Å². The molecule has 2 aromatic heterocycles. The van der Waals surface area contributed by atoms with Crippen LogP contribution in [0, 0.1) is 11.6 Å². The number of aromatic nitrogens is 2. The lowest BCUT2D eigenvalue weighted by molar-refractivity contribution is 0.626. The van der Waals surface area contributed by atoms with Crippen LogP contribution in [0.4, 0.5) is 8.78 Å². The second-order valence-corrected chi connectivity index (χ2v) is 9.16. The molecule has 0 amide bonds. The lowest BCUT2D eigenvalue weighted by Gasteiger charge is -2.16. The van der Waals surface area contributed by atoms with E-state index in [0.717, 1.165) is 58.0 Å². The summed E-state index contributed by atoms with van der Waals surface area (Å²) < 4.78 is 32.0. The zero-order chi connectivity index (χ0) is 22.8. The minimum absolute atomic E-state index is 0.223. The molecule has 0 radical (unpaired) electrons. The normalized spacial score (nSPS) is 13.7. The second-order valence-electron chi connectivity index (χ2n) is 9.16. The maximum Gasteiger partial charge on any atom is 0.123 e. The summed E-state index contributed by atoms with van der Waals surface area (Å²) in [6, 6.07) is 26.5. The lowest BCUT2D eigenvalue weighted by atomic mass is 9.95. The molecule has 2 heterocycles. The molecule has 0 unspecified atom stereocenters. The smallest absolute Gasteiger partial charge is 0.123 e. The summed E-state index contributed by atoms with van der Waals surface area (Å²) in [5, 5.41) is 3.57. The summed E-state index contributed by atoms with van der Waals surface area (Å²) in [7, 11) is 0. The van der Waals surface area contributed by atoms with Gasteiger partial charge >= 0.3 is 0 Å². The number of nitrogens with zero attached hydrogens (tertiary/aromatic N) is 2. The van der Waals surface area contributed by atoms with E-state index in [1.165, 1.54) is 47.3 Å². The van der Waals surface area contributed by atoms with Gasteiger partial charge in [0.05, 0.1) is 16.6 Å². The third-order valence-corrected chi connectivity index (χ3v) is 7.23. The third-order valence-electron chi connectivity index (χ3n) is 7.23. The van der Waals surface area contributed by atoms with Gasteiger partial charge in [-0.3, -0.25) is 0 Å². The van der Waals surface area contributed by atoms with Crippen molar-refractivity contribution in [3.63, 3.8) is 0 Å². The Bertz CT molecular complexity index is 1700. The van der Waals surface area contributed by atoms with Gasteiger partial charge < -0.3 is 9.13 Å². The van der Waals surface area contributed by atoms with Crippen LogP contribution in [0.3, 0.4) is 0 Å². The van der Waals surface area contributed by atoms with Gasteiger partial charge in [0, 0.05) is 33.2 Å². The predicted molar refractivity (Wildman–Crippen MR) is 134 cm³/mol. The quantitative estimate of drug-likeness (QED) is 0.255. The molecular formula is C30H22F2N2. The Hall–Kier alpha value is -3.92. The summed E-state index contributed by atoms with van der Waals surface area (Å²) in [5.74, 6) is -0.462. The predicted octanol–water partition coefficient (Wildman–Crippen LogP) is 7.88. The molecule has 7 rings (SSSR count). The molecule has 4 aromatic carbocycles. The number of aryl methyl sites for hydroxylation is 1. The number of halogens is 2. The van der Waals surface area contributed by atoms with Gasteiger partial charge in [0.2, 0.25) is 0 Å². The molecular weight excluding hydrogens is 426 g/mol. The molecule has 0 N–H and O–H groups in total. The number of benzene rings is 4. The summed E-state index contributed by atoms with van der Waals surface area (Å²) in [4.78, 5) is 0. The van der Waals surface area contributed by atoms with Gasteiger partial charge in [0.1, 0.15) is 11.6 Å². The Morgan fingerprint density at radius 2 is 1.12 bits per heavy atom. The highest BCUT2D eigenvalue weighted by atomic mass is 19.1. The first-order valence-corrected chi connectivity index (χ1v) is 11.8. The molecule has 0 fully saturated rings. The van der Waals surface area contributed by atoms with E-state index in [9.17, 15) is 8.78 Å². The van der Waals surface area contributed by atoms with Gasteiger partial charge in [0.15, 0.2) is 0 Å². The molecule has 166 valence electrons. The monoisotopic (exact) mass is 448 g/mol. The van der Waals surface area contributed by atoms with Crippen LogP contribution in [0.1, 0.15) is 24.1 Å². The Morgan fingerprint density at radius 1 is 0.529 bits per heavy atom. The number of hydrogen-bond acceptors (Lipinski definition) is 0. The van der Waals surface area contributed by atoms with E-state index in [1.807, 2.05) is 30.3 Å². The van der Waals surface area contributed by atoms with Crippen molar-refractivity contribution in [1.82, 2.24) is 9.13 Å². The highest BCUT2D eigenvalue weighted by molar-refractivity contribution is 6.14. The zero-order valence-electron chi connectivity index (χ0n) is 18.6. The van der Waals surface area contributed by atoms with Gasteiger partial charge in [-0.25, -0.2) is 8.78 Å². The standard InChI is InChI=1S/C30H22F2N2/c31-19-9-13-21(14-10-19)33-27-7-3-1-5-23(27)25-17-30-26(18-29(25)33)24-6-2-4-8-28(24)34(30)22-15-11-20(32)12-16-22/h1,3,5,7,9-18H,2,4,6,8H2. The van der Waals surface area contributed by atoms with Crippen LogP contribution in [-0.2, 0) is 12.8 Å². The van der Waals surface area contributed by atoms with Crippen LogP contribution in [0.25, 0.3) is 44.1 Å². The van der Waals surface area contributed by atoms with Crippen LogP contribution < -0.4 is 0 Å². The molecule has 0 spiro atoms. The molecule has 0 saturated carbocycles. The van der Waals surface area contributed by atoms with Crippen molar-refractivity contribution in [3.05, 3.63) is 108 Å². The molecule has 0 atom stereocenters. The number of rotatable bonds is 2. The van der Waals surface area contributed by atoms with Crippen LogP contribution in [0.15, 0.2) is 84.9 Å². The fourth-order valence-corrected chi connectivity index (χ4v) is 5.76. The lowest BCUT2D eigenvalue weighted by Crippen LogP contribution is -2.06. The Morgan fingerprint density at radius 3 is 1.85 bits per heavy atom. The minimum atomic E-state index is -0.239. The molecule has 4 heteroatoms. The molecule has 0 aliphatic heterocycles. The van der Waals surface area contributed by atoms with Crippen molar-refractivity contribution in [2.24, 2.45) is 0 Å². The summed E-state index contributed by atoms with van der Waals surface area (Å²) in [6.45, 7) is 0. The Labute approximate surface area is 195 Å². The van der Waals surface area contributed by atoms with Crippen molar-refractivity contribution in [2.75, 3.05) is 0 Å². The molecule has 0 saturated heterocycles. The Balaban J connectivity index is 1.62. The van der Waals surface area contributed by atoms with Crippen LogP contribution >= 0.6 is 0 Å². The summed E-state index contributed by atoms with van der Waals surface area (Å²) >= 11 is 0. The first-order chi connectivity index (χ1) is 16.7. The summed E-state index contributed by atoms with van der Waals surface area (Å²) in [6.07, 6.45) is 4.40. The van der Waals surface area contributed by atoms with E-state index < -0.39 is 0 Å². The van der Waals surface area contributed by atoms with Gasteiger partial charge in [-0.15, -0.1) is 0 Å². The maximum atomic E-state index is 13.7. The molecule has 0 bridgehead atoms. The van der Waals surface area contributed by atoms with E-state index in [4.69, 9.17) is 0 Å².